The van der Waals surface area contributed by atoms with Crippen LogP contribution >= 0.6 is 11.8 Å². The first-order chi connectivity index (χ1) is 13.9. The quantitative estimate of drug-likeness (QED) is 0.453. The molecule has 0 aliphatic heterocycles. The number of carboxylic acids is 1. The number of esters is 1. The number of amides is 1. The molecule has 0 aliphatic carbocycles. The molecule has 8 heteroatoms. The highest BCUT2D eigenvalue weighted by molar-refractivity contribution is 8.01. The van der Waals surface area contributed by atoms with Crippen molar-refractivity contribution in [3.63, 3.8) is 0 Å². The highest BCUT2D eigenvalue weighted by Crippen LogP contribution is 2.19. The molecule has 29 heavy (non-hydrogen) atoms. The number of nitrogens with one attached hydrogen (secondary N) is 1. The van der Waals surface area contributed by atoms with Crippen molar-refractivity contribution in [2.24, 2.45) is 0 Å². The van der Waals surface area contributed by atoms with E-state index < -0.39 is 23.1 Å². The molecule has 152 valence electrons. The number of benzene rings is 2. The van der Waals surface area contributed by atoms with Crippen LogP contribution in [0.15, 0.2) is 54.6 Å². The van der Waals surface area contributed by atoms with Gasteiger partial charge in [0, 0.05) is 17.7 Å². The lowest BCUT2D eigenvalue weighted by Crippen LogP contribution is -2.24. The lowest BCUT2D eigenvalue weighted by Gasteiger charge is -2.12. The monoisotopic (exact) mass is 415 g/mol. The van der Waals surface area contributed by atoms with Crippen molar-refractivity contribution in [1.29, 1.82) is 0 Å². The Morgan fingerprint density at radius 2 is 1.66 bits per heavy atom. The van der Waals surface area contributed by atoms with Crippen LogP contribution in [0.3, 0.4) is 0 Å². The lowest BCUT2D eigenvalue weighted by molar-refractivity contribution is -0.136. The van der Waals surface area contributed by atoms with E-state index in [-0.39, 0.29) is 24.6 Å². The van der Waals surface area contributed by atoms with Crippen molar-refractivity contribution in [2.45, 2.75) is 18.6 Å². The van der Waals surface area contributed by atoms with Crippen LogP contribution in [0, 0.1) is 0 Å². The molecule has 2 rings (SSSR count). The van der Waals surface area contributed by atoms with Gasteiger partial charge in [0.15, 0.2) is 5.78 Å². The van der Waals surface area contributed by atoms with Gasteiger partial charge < -0.3 is 15.2 Å². The van der Waals surface area contributed by atoms with Crippen molar-refractivity contribution in [3.05, 3.63) is 65.7 Å². The second kappa shape index (κ2) is 11.0. The summed E-state index contributed by atoms with van der Waals surface area (Å²) in [6, 6.07) is 14.6. The average Bonchev–Trinajstić information content (AvgIpc) is 2.72. The topological polar surface area (TPSA) is 110 Å². The molecule has 1 amide bonds. The summed E-state index contributed by atoms with van der Waals surface area (Å²) < 4.78 is 4.89. The number of ether oxygens (including phenoxy) is 1. The molecule has 0 spiro atoms. The van der Waals surface area contributed by atoms with Gasteiger partial charge >= 0.3 is 11.9 Å². The Morgan fingerprint density at radius 1 is 1.00 bits per heavy atom. The molecule has 0 aliphatic rings. The van der Waals surface area contributed by atoms with Gasteiger partial charge in [-0.3, -0.25) is 14.4 Å². The van der Waals surface area contributed by atoms with Crippen LogP contribution in [0.2, 0.25) is 0 Å². The largest absolute Gasteiger partial charge is 0.480 e. The SMILES string of the molecule is CCOC(=O)c1ccc(NC(=O)CSC(CC(=O)c2ccccc2)C(=O)O)cc1. The molecule has 7 nitrogen and oxygen atoms in total. The predicted molar refractivity (Wildman–Crippen MR) is 110 cm³/mol. The van der Waals surface area contributed by atoms with E-state index in [4.69, 9.17) is 4.74 Å². The zero-order chi connectivity index (χ0) is 21.2. The highest BCUT2D eigenvalue weighted by Gasteiger charge is 2.23. The van der Waals surface area contributed by atoms with E-state index >= 15 is 0 Å². The number of rotatable bonds is 10. The Labute approximate surface area is 172 Å². The zero-order valence-corrected chi connectivity index (χ0v) is 16.6. The summed E-state index contributed by atoms with van der Waals surface area (Å²) in [5.74, 6) is -2.42. The molecule has 2 aromatic rings. The summed E-state index contributed by atoms with van der Waals surface area (Å²) in [4.78, 5) is 47.4. The molecule has 0 aromatic heterocycles. The summed E-state index contributed by atoms with van der Waals surface area (Å²) in [6.07, 6.45) is -0.203. The number of aliphatic carboxylic acids is 1. The van der Waals surface area contributed by atoms with Crippen LogP contribution in [0.25, 0.3) is 0 Å². The number of anilines is 1. The van der Waals surface area contributed by atoms with Crippen LogP contribution in [-0.2, 0) is 14.3 Å². The Bertz CT molecular complexity index is 866. The summed E-state index contributed by atoms with van der Waals surface area (Å²) in [5, 5.41) is 11.0. The minimum Gasteiger partial charge on any atom is -0.480 e. The van der Waals surface area contributed by atoms with Crippen LogP contribution in [-0.4, -0.2) is 46.3 Å². The van der Waals surface area contributed by atoms with Crippen molar-refractivity contribution in [1.82, 2.24) is 0 Å². The molecule has 0 heterocycles. The van der Waals surface area contributed by atoms with E-state index in [2.05, 4.69) is 5.32 Å². The highest BCUT2D eigenvalue weighted by atomic mass is 32.2. The fraction of sp³-hybridized carbons (Fsp3) is 0.238. The van der Waals surface area contributed by atoms with Crippen molar-refractivity contribution >= 4 is 41.1 Å². The molecule has 2 aromatic carbocycles. The maximum absolute atomic E-state index is 12.2. The third kappa shape index (κ3) is 7.08. The first kappa shape index (κ1) is 22.2. The number of thioether (sulfide) groups is 1. The van der Waals surface area contributed by atoms with Crippen molar-refractivity contribution in [2.75, 3.05) is 17.7 Å². The first-order valence-corrected chi connectivity index (χ1v) is 9.95. The molecule has 1 atom stereocenters. The lowest BCUT2D eigenvalue weighted by atomic mass is 10.1. The second-order valence-corrected chi connectivity index (χ2v) is 7.17. The molecule has 0 radical (unpaired) electrons. The van der Waals surface area contributed by atoms with Gasteiger partial charge in [-0.05, 0) is 31.2 Å². The predicted octanol–water partition coefficient (Wildman–Crippen LogP) is 3.26. The van der Waals surface area contributed by atoms with E-state index in [1.54, 1.807) is 49.4 Å². The third-order valence-corrected chi connectivity index (χ3v) is 5.04. The van der Waals surface area contributed by atoms with Gasteiger partial charge in [-0.1, -0.05) is 30.3 Å². The average molecular weight is 415 g/mol. The van der Waals surface area contributed by atoms with Crippen molar-refractivity contribution in [3.8, 4) is 0 Å². The molecule has 0 saturated heterocycles. The fourth-order valence-corrected chi connectivity index (χ4v) is 3.24. The molecular weight excluding hydrogens is 394 g/mol. The van der Waals surface area contributed by atoms with Crippen LogP contribution in [0.4, 0.5) is 5.69 Å². The van der Waals surface area contributed by atoms with E-state index in [1.165, 1.54) is 12.1 Å². The van der Waals surface area contributed by atoms with E-state index in [9.17, 15) is 24.3 Å². The molecular formula is C21H21NO6S. The van der Waals surface area contributed by atoms with Gasteiger partial charge in [-0.2, -0.15) is 0 Å². The van der Waals surface area contributed by atoms with Crippen LogP contribution in [0.1, 0.15) is 34.1 Å². The number of Topliss-reactive ketones (excluding diaryl/α,β-unsaturated/α-hetero) is 1. The fourth-order valence-electron chi connectivity index (χ4n) is 2.41. The van der Waals surface area contributed by atoms with Gasteiger partial charge in [-0.25, -0.2) is 4.79 Å². The van der Waals surface area contributed by atoms with E-state index in [0.717, 1.165) is 11.8 Å². The molecule has 0 bridgehead atoms. The van der Waals surface area contributed by atoms with Gasteiger partial charge in [0.1, 0.15) is 5.25 Å². The van der Waals surface area contributed by atoms with Gasteiger partial charge in [-0.15, -0.1) is 11.8 Å². The Hall–Kier alpha value is -3.13. The number of carbonyl (C=O) groups is 4. The molecule has 2 N–H and O–H groups in total. The summed E-state index contributed by atoms with van der Waals surface area (Å²) >= 11 is 0.888. The van der Waals surface area contributed by atoms with Crippen molar-refractivity contribution < 1.29 is 29.0 Å². The summed E-state index contributed by atoms with van der Waals surface area (Å²) in [5.41, 5.74) is 1.27. The van der Waals surface area contributed by atoms with E-state index in [0.29, 0.717) is 16.8 Å². The van der Waals surface area contributed by atoms with E-state index in [1.807, 2.05) is 0 Å². The molecule has 1 unspecified atom stereocenters. The Kier molecular flexibility index (Phi) is 8.42. The maximum Gasteiger partial charge on any atom is 0.338 e. The van der Waals surface area contributed by atoms with Crippen LogP contribution < -0.4 is 5.32 Å². The Morgan fingerprint density at radius 3 is 2.24 bits per heavy atom. The van der Waals surface area contributed by atoms with Gasteiger partial charge in [0.05, 0.1) is 17.9 Å². The standard InChI is InChI=1S/C21H21NO6S/c1-2-28-21(27)15-8-10-16(11-9-15)22-19(24)13-29-18(20(25)26)12-17(23)14-6-4-3-5-7-14/h3-11,18H,2,12-13H2,1H3,(H,22,24)(H,25,26). The number of carbonyl (C=O) groups excluding carboxylic acids is 3. The summed E-state index contributed by atoms with van der Waals surface area (Å²) in [7, 11) is 0. The third-order valence-electron chi connectivity index (χ3n) is 3.84. The number of hydrogen-bond donors (Lipinski definition) is 2. The normalized spacial score (nSPS) is 11.3. The minimum absolute atomic E-state index is 0.126. The Balaban J connectivity index is 1.88. The number of ketones is 1. The minimum atomic E-state index is -1.15. The second-order valence-electron chi connectivity index (χ2n) is 5.98. The zero-order valence-electron chi connectivity index (χ0n) is 15.8. The van der Waals surface area contributed by atoms with Crippen LogP contribution in [0.5, 0.6) is 0 Å². The van der Waals surface area contributed by atoms with Gasteiger partial charge in [0.25, 0.3) is 0 Å². The summed E-state index contributed by atoms with van der Waals surface area (Å²) in [6.45, 7) is 1.98. The number of hydrogen-bond acceptors (Lipinski definition) is 6. The molecule has 0 fully saturated rings. The first-order valence-electron chi connectivity index (χ1n) is 8.90. The van der Waals surface area contributed by atoms with Gasteiger partial charge in [0.2, 0.25) is 5.91 Å². The maximum atomic E-state index is 12.2. The smallest absolute Gasteiger partial charge is 0.338 e. The number of carboxylic acid groups (broad SMARTS) is 1. The molecule has 0 saturated carbocycles.